The summed E-state index contributed by atoms with van der Waals surface area (Å²) in [4.78, 5) is 12.0. The molecule has 1 aliphatic rings. The fraction of sp³-hybridized carbons (Fsp3) is 0.125. The largest absolute Gasteiger partial charge is 0.504 e. The molecule has 0 saturated carbocycles. The predicted octanol–water partition coefficient (Wildman–Crippen LogP) is 1.89. The minimum absolute atomic E-state index is 0.0453. The summed E-state index contributed by atoms with van der Waals surface area (Å²) in [6, 6.07) is 9.83. The lowest BCUT2D eigenvalue weighted by atomic mass is 10.2. The lowest BCUT2D eigenvalue weighted by Gasteiger charge is -2.05. The van der Waals surface area contributed by atoms with Crippen LogP contribution in [0.15, 0.2) is 41.5 Å². The Kier molecular flexibility index (Phi) is 4.01. The van der Waals surface area contributed by atoms with Gasteiger partial charge in [-0.25, -0.2) is 5.43 Å². The number of carbonyl (C=O) groups excluding carboxylic acids is 1. The average molecular weight is 314 g/mol. The SMILES string of the molecule is COc1cccc(C=NNC(=O)c2ccc3c(c2)OCO3)c1O. The number of ether oxygens (including phenoxy) is 3. The number of hydrogen-bond acceptors (Lipinski definition) is 6. The van der Waals surface area contributed by atoms with Gasteiger partial charge >= 0.3 is 0 Å². The number of rotatable bonds is 4. The van der Waals surface area contributed by atoms with Crippen LogP contribution in [-0.4, -0.2) is 31.1 Å². The van der Waals surface area contributed by atoms with Crippen molar-refractivity contribution in [3.05, 3.63) is 47.5 Å². The van der Waals surface area contributed by atoms with Crippen LogP contribution in [0.2, 0.25) is 0 Å². The van der Waals surface area contributed by atoms with Crippen molar-refractivity contribution in [3.8, 4) is 23.0 Å². The molecule has 0 fully saturated rings. The molecule has 1 aliphatic heterocycles. The summed E-state index contributed by atoms with van der Waals surface area (Å²) in [6.07, 6.45) is 1.34. The molecule has 118 valence electrons. The number of para-hydroxylation sites is 1. The van der Waals surface area contributed by atoms with Crippen molar-refractivity contribution in [3.63, 3.8) is 0 Å². The highest BCUT2D eigenvalue weighted by atomic mass is 16.7. The number of nitrogens with one attached hydrogen (secondary N) is 1. The number of phenols is 1. The number of nitrogens with zero attached hydrogens (tertiary/aromatic N) is 1. The van der Waals surface area contributed by atoms with Crippen LogP contribution < -0.4 is 19.6 Å². The molecule has 0 aromatic heterocycles. The Bertz CT molecular complexity index is 773. The Hall–Kier alpha value is -3.22. The number of aromatic hydroxyl groups is 1. The van der Waals surface area contributed by atoms with Crippen molar-refractivity contribution < 1.29 is 24.1 Å². The van der Waals surface area contributed by atoms with E-state index in [-0.39, 0.29) is 12.5 Å². The first kappa shape index (κ1) is 14.7. The number of hydrogen-bond donors (Lipinski definition) is 2. The topological polar surface area (TPSA) is 89.4 Å². The maximum absolute atomic E-state index is 12.0. The van der Waals surface area contributed by atoms with Crippen molar-refractivity contribution >= 4 is 12.1 Å². The maximum Gasteiger partial charge on any atom is 0.271 e. The zero-order valence-electron chi connectivity index (χ0n) is 12.3. The van der Waals surface area contributed by atoms with Gasteiger partial charge in [0.1, 0.15) is 0 Å². The van der Waals surface area contributed by atoms with Crippen molar-refractivity contribution in [2.75, 3.05) is 13.9 Å². The van der Waals surface area contributed by atoms with Crippen LogP contribution in [0, 0.1) is 0 Å². The first-order chi connectivity index (χ1) is 11.2. The van der Waals surface area contributed by atoms with Crippen LogP contribution in [0.3, 0.4) is 0 Å². The van der Waals surface area contributed by atoms with E-state index in [0.29, 0.717) is 28.4 Å². The first-order valence-corrected chi connectivity index (χ1v) is 6.78. The molecule has 0 aliphatic carbocycles. The van der Waals surface area contributed by atoms with Crippen LogP contribution in [0.1, 0.15) is 15.9 Å². The molecule has 1 heterocycles. The summed E-state index contributed by atoms with van der Waals surface area (Å²) in [6.45, 7) is 0.147. The van der Waals surface area contributed by atoms with Crippen molar-refractivity contribution in [2.45, 2.75) is 0 Å². The lowest BCUT2D eigenvalue weighted by Crippen LogP contribution is -2.17. The zero-order chi connectivity index (χ0) is 16.2. The summed E-state index contributed by atoms with van der Waals surface area (Å²) in [5, 5.41) is 13.8. The zero-order valence-corrected chi connectivity index (χ0v) is 12.3. The van der Waals surface area contributed by atoms with Gasteiger partial charge in [0.15, 0.2) is 23.0 Å². The normalized spacial score (nSPS) is 12.4. The Morgan fingerprint density at radius 3 is 2.96 bits per heavy atom. The van der Waals surface area contributed by atoms with Crippen LogP contribution in [0.4, 0.5) is 0 Å². The second-order valence-electron chi connectivity index (χ2n) is 4.67. The Balaban J connectivity index is 1.69. The standard InChI is InChI=1S/C16H14N2O5/c1-21-13-4-2-3-11(15(13)19)8-17-18-16(20)10-5-6-12-14(7-10)23-9-22-12/h2-8,19H,9H2,1H3,(H,18,20). The minimum atomic E-state index is -0.401. The fourth-order valence-electron chi connectivity index (χ4n) is 2.07. The highest BCUT2D eigenvalue weighted by Crippen LogP contribution is 2.32. The number of hydrazone groups is 1. The third-order valence-electron chi connectivity index (χ3n) is 3.25. The molecule has 2 aromatic carbocycles. The van der Waals surface area contributed by atoms with Gasteiger partial charge in [0, 0.05) is 11.1 Å². The average Bonchev–Trinajstić information content (AvgIpc) is 3.04. The molecule has 0 saturated heterocycles. The van der Waals surface area contributed by atoms with Gasteiger partial charge in [-0.15, -0.1) is 0 Å². The molecule has 7 heteroatoms. The second-order valence-corrected chi connectivity index (χ2v) is 4.67. The number of methoxy groups -OCH3 is 1. The third-order valence-corrected chi connectivity index (χ3v) is 3.25. The van der Waals surface area contributed by atoms with E-state index >= 15 is 0 Å². The number of phenolic OH excluding ortho intramolecular Hbond substituents is 1. The molecule has 2 aromatic rings. The van der Waals surface area contributed by atoms with Crippen LogP contribution >= 0.6 is 0 Å². The van der Waals surface area contributed by atoms with Crippen LogP contribution in [0.5, 0.6) is 23.0 Å². The molecule has 1 amide bonds. The Morgan fingerprint density at radius 2 is 2.13 bits per heavy atom. The van der Waals surface area contributed by atoms with Crippen molar-refractivity contribution in [1.82, 2.24) is 5.43 Å². The molecule has 0 bridgehead atoms. The third kappa shape index (κ3) is 3.03. The van der Waals surface area contributed by atoms with Gasteiger partial charge in [-0.3, -0.25) is 4.79 Å². The summed E-state index contributed by atoms with van der Waals surface area (Å²) in [5.41, 5.74) is 3.20. The smallest absolute Gasteiger partial charge is 0.271 e. The van der Waals surface area contributed by atoms with Gasteiger partial charge in [-0.1, -0.05) is 6.07 Å². The number of benzene rings is 2. The number of carbonyl (C=O) groups is 1. The van der Waals surface area contributed by atoms with E-state index in [1.807, 2.05) is 0 Å². The molecule has 0 unspecified atom stereocenters. The fourth-order valence-corrected chi connectivity index (χ4v) is 2.07. The quantitative estimate of drug-likeness (QED) is 0.664. The lowest BCUT2D eigenvalue weighted by molar-refractivity contribution is 0.0954. The summed E-state index contributed by atoms with van der Waals surface area (Å²) >= 11 is 0. The monoisotopic (exact) mass is 314 g/mol. The van der Waals surface area contributed by atoms with E-state index in [2.05, 4.69) is 10.5 Å². The first-order valence-electron chi connectivity index (χ1n) is 6.78. The highest BCUT2D eigenvalue weighted by Gasteiger charge is 2.15. The van der Waals surface area contributed by atoms with Crippen molar-refractivity contribution in [1.29, 1.82) is 0 Å². The van der Waals surface area contributed by atoms with Crippen LogP contribution in [0.25, 0.3) is 0 Å². The molecule has 7 nitrogen and oxygen atoms in total. The molecule has 0 spiro atoms. The minimum Gasteiger partial charge on any atom is -0.504 e. The van der Waals surface area contributed by atoms with Crippen molar-refractivity contribution in [2.24, 2.45) is 5.10 Å². The van der Waals surface area contributed by atoms with Crippen LogP contribution in [-0.2, 0) is 0 Å². The summed E-state index contributed by atoms with van der Waals surface area (Å²) < 4.78 is 15.4. The molecule has 0 atom stereocenters. The maximum atomic E-state index is 12.0. The predicted molar refractivity (Wildman–Crippen MR) is 82.3 cm³/mol. The number of amides is 1. The molecule has 2 N–H and O–H groups in total. The highest BCUT2D eigenvalue weighted by molar-refractivity contribution is 5.95. The van der Waals surface area contributed by atoms with Gasteiger partial charge in [0.2, 0.25) is 6.79 Å². The van der Waals surface area contributed by atoms with Gasteiger partial charge < -0.3 is 19.3 Å². The molecular weight excluding hydrogens is 300 g/mol. The van der Waals surface area contributed by atoms with Gasteiger partial charge in [-0.05, 0) is 30.3 Å². The molecule has 0 radical (unpaired) electrons. The Morgan fingerprint density at radius 1 is 1.30 bits per heavy atom. The molecule has 23 heavy (non-hydrogen) atoms. The van der Waals surface area contributed by atoms with Gasteiger partial charge in [-0.2, -0.15) is 5.10 Å². The molecular formula is C16H14N2O5. The molecule has 3 rings (SSSR count). The van der Waals surface area contributed by atoms with E-state index in [1.54, 1.807) is 36.4 Å². The van der Waals surface area contributed by atoms with E-state index in [9.17, 15) is 9.90 Å². The van der Waals surface area contributed by atoms with E-state index in [4.69, 9.17) is 14.2 Å². The van der Waals surface area contributed by atoms with E-state index < -0.39 is 5.91 Å². The Labute approximate surface area is 132 Å². The summed E-state index contributed by atoms with van der Waals surface area (Å²) in [5.74, 6) is 1.01. The van der Waals surface area contributed by atoms with E-state index in [0.717, 1.165) is 0 Å². The van der Waals surface area contributed by atoms with Gasteiger partial charge in [0.05, 0.1) is 13.3 Å². The van der Waals surface area contributed by atoms with Gasteiger partial charge in [0.25, 0.3) is 5.91 Å². The second kappa shape index (κ2) is 6.27. The summed E-state index contributed by atoms with van der Waals surface area (Å²) in [7, 11) is 1.46. The number of fused-ring (bicyclic) bond motifs is 1. The van der Waals surface area contributed by atoms with E-state index in [1.165, 1.54) is 13.3 Å².